The molecule has 0 aliphatic rings. The Morgan fingerprint density at radius 2 is 2.04 bits per heavy atom. The lowest BCUT2D eigenvalue weighted by Crippen LogP contribution is -2.15. The van der Waals surface area contributed by atoms with Crippen molar-refractivity contribution < 1.29 is 9.53 Å². The zero-order valence-corrected chi connectivity index (χ0v) is 15.4. The molecule has 0 spiro atoms. The van der Waals surface area contributed by atoms with Crippen LogP contribution in [0, 0.1) is 0 Å². The first-order chi connectivity index (χ1) is 12.7. The third-order valence-electron chi connectivity index (χ3n) is 3.78. The molecule has 3 aromatic rings. The zero-order valence-electron chi connectivity index (χ0n) is 14.6. The molecule has 1 unspecified atom stereocenters. The lowest BCUT2D eigenvalue weighted by molar-refractivity contribution is -0.113. The van der Waals surface area contributed by atoms with Crippen LogP contribution >= 0.6 is 11.8 Å². The first kappa shape index (κ1) is 18.3. The van der Waals surface area contributed by atoms with E-state index in [1.807, 2.05) is 55.5 Å². The van der Waals surface area contributed by atoms with Gasteiger partial charge >= 0.3 is 0 Å². The zero-order chi connectivity index (χ0) is 18.4. The number of hydrogen-bond acceptors (Lipinski definition) is 5. The molecule has 0 aliphatic heterocycles. The molecular weight excluding hydrogens is 348 g/mol. The molecule has 1 amide bonds. The molecule has 136 valence electrons. The summed E-state index contributed by atoms with van der Waals surface area (Å²) >= 11 is 1.54. The normalized spacial score (nSPS) is 12.1. The largest absolute Gasteiger partial charge is 0.492 e. The van der Waals surface area contributed by atoms with Gasteiger partial charge in [0.1, 0.15) is 18.2 Å². The van der Waals surface area contributed by atoms with Crippen molar-refractivity contribution >= 4 is 34.4 Å². The van der Waals surface area contributed by atoms with Crippen molar-refractivity contribution in [2.45, 2.75) is 12.2 Å². The molecule has 0 fully saturated rings. The van der Waals surface area contributed by atoms with Crippen LogP contribution in [0.25, 0.3) is 11.0 Å². The predicted molar refractivity (Wildman–Crippen MR) is 107 cm³/mol. The number of carbonyl (C=O) groups excluding carboxylic acids is 1. The molecule has 0 aliphatic carbocycles. The van der Waals surface area contributed by atoms with E-state index in [4.69, 9.17) is 10.5 Å². The van der Waals surface area contributed by atoms with Crippen molar-refractivity contribution in [2.24, 2.45) is 5.73 Å². The highest BCUT2D eigenvalue weighted by Gasteiger charge is 2.13. The van der Waals surface area contributed by atoms with E-state index in [1.165, 1.54) is 0 Å². The van der Waals surface area contributed by atoms with Gasteiger partial charge in [0.05, 0.1) is 22.0 Å². The van der Waals surface area contributed by atoms with Crippen LogP contribution in [0.15, 0.2) is 48.5 Å². The van der Waals surface area contributed by atoms with Gasteiger partial charge in [0, 0.05) is 12.2 Å². The highest BCUT2D eigenvalue weighted by Crippen LogP contribution is 2.27. The standard InChI is InChI=1S/C19H22N4O2S/c1-13(19-22-16-4-2-3-5-17(16)23-19)26-12-18(24)21-14-6-8-15(9-7-14)25-11-10-20/h2-9,13H,10-12,20H2,1H3,(H,21,24)(H,22,23). The number of hydrogen-bond donors (Lipinski definition) is 3. The van der Waals surface area contributed by atoms with Crippen molar-refractivity contribution in [1.82, 2.24) is 9.97 Å². The topological polar surface area (TPSA) is 93.0 Å². The smallest absolute Gasteiger partial charge is 0.234 e. The molecule has 0 bridgehead atoms. The molecular formula is C19H22N4O2S. The summed E-state index contributed by atoms with van der Waals surface area (Å²) in [5.41, 5.74) is 8.10. The SMILES string of the molecule is CC(SCC(=O)Nc1ccc(OCCN)cc1)c1nc2ccccc2[nH]1. The highest BCUT2D eigenvalue weighted by atomic mass is 32.2. The quantitative estimate of drug-likeness (QED) is 0.565. The highest BCUT2D eigenvalue weighted by molar-refractivity contribution is 8.00. The van der Waals surface area contributed by atoms with Crippen LogP contribution in [0.2, 0.25) is 0 Å². The molecule has 6 nitrogen and oxygen atoms in total. The number of amides is 1. The Balaban J connectivity index is 1.50. The maximum atomic E-state index is 12.2. The Morgan fingerprint density at radius 1 is 1.27 bits per heavy atom. The molecule has 0 saturated heterocycles. The summed E-state index contributed by atoms with van der Waals surface area (Å²) < 4.78 is 5.42. The second-order valence-corrected chi connectivity index (χ2v) is 7.13. The number of rotatable bonds is 8. The van der Waals surface area contributed by atoms with E-state index in [0.29, 0.717) is 18.9 Å². The van der Waals surface area contributed by atoms with Gasteiger partial charge in [-0.3, -0.25) is 4.79 Å². The van der Waals surface area contributed by atoms with Gasteiger partial charge in [-0.05, 0) is 43.3 Å². The fourth-order valence-electron chi connectivity index (χ4n) is 2.45. The predicted octanol–water partition coefficient (Wildman–Crippen LogP) is 3.33. The second-order valence-electron chi connectivity index (χ2n) is 5.80. The number of thioether (sulfide) groups is 1. The van der Waals surface area contributed by atoms with Crippen molar-refractivity contribution in [3.05, 3.63) is 54.4 Å². The van der Waals surface area contributed by atoms with Crippen LogP contribution in [0.3, 0.4) is 0 Å². The minimum Gasteiger partial charge on any atom is -0.492 e. The molecule has 1 heterocycles. The number of H-pyrrole nitrogens is 1. The summed E-state index contributed by atoms with van der Waals surface area (Å²) in [7, 11) is 0. The summed E-state index contributed by atoms with van der Waals surface area (Å²) in [5, 5.41) is 2.99. The van der Waals surface area contributed by atoms with Crippen LogP contribution in [0.1, 0.15) is 18.0 Å². The minimum atomic E-state index is -0.0476. The van der Waals surface area contributed by atoms with E-state index in [1.54, 1.807) is 11.8 Å². The Labute approximate surface area is 156 Å². The molecule has 0 saturated carbocycles. The van der Waals surface area contributed by atoms with Gasteiger partial charge in [0.15, 0.2) is 0 Å². The number of nitrogens with zero attached hydrogens (tertiary/aromatic N) is 1. The fraction of sp³-hybridized carbons (Fsp3) is 0.263. The minimum absolute atomic E-state index is 0.0476. The number of nitrogens with two attached hydrogens (primary N) is 1. The molecule has 1 atom stereocenters. The van der Waals surface area contributed by atoms with Crippen LogP contribution in [0.5, 0.6) is 5.75 Å². The fourth-order valence-corrected chi connectivity index (χ4v) is 3.20. The maximum Gasteiger partial charge on any atom is 0.234 e. The summed E-state index contributed by atoms with van der Waals surface area (Å²) in [6.45, 7) is 2.99. The van der Waals surface area contributed by atoms with E-state index < -0.39 is 0 Å². The molecule has 26 heavy (non-hydrogen) atoms. The Bertz CT molecular complexity index is 830. The first-order valence-corrected chi connectivity index (χ1v) is 9.49. The lowest BCUT2D eigenvalue weighted by Gasteiger charge is -2.10. The summed E-state index contributed by atoms with van der Waals surface area (Å²) in [6.07, 6.45) is 0. The van der Waals surface area contributed by atoms with E-state index in [-0.39, 0.29) is 11.2 Å². The van der Waals surface area contributed by atoms with E-state index in [0.717, 1.165) is 28.3 Å². The van der Waals surface area contributed by atoms with E-state index >= 15 is 0 Å². The summed E-state index contributed by atoms with van der Waals surface area (Å²) in [5.74, 6) is 1.92. The number of nitrogens with one attached hydrogen (secondary N) is 2. The summed E-state index contributed by atoms with van der Waals surface area (Å²) in [4.78, 5) is 20.1. The number of carbonyl (C=O) groups is 1. The van der Waals surface area contributed by atoms with Gasteiger partial charge in [-0.15, -0.1) is 11.8 Å². The number of imidazole rings is 1. The van der Waals surface area contributed by atoms with Crippen molar-refractivity contribution in [1.29, 1.82) is 0 Å². The molecule has 1 aromatic heterocycles. The Morgan fingerprint density at radius 3 is 2.77 bits per heavy atom. The summed E-state index contributed by atoms with van der Waals surface area (Å²) in [6, 6.07) is 15.2. The number of aromatic amines is 1. The van der Waals surface area contributed by atoms with Gasteiger partial charge in [0.2, 0.25) is 5.91 Å². The molecule has 0 radical (unpaired) electrons. The Hall–Kier alpha value is -2.51. The number of benzene rings is 2. The van der Waals surface area contributed by atoms with Crippen LogP contribution in [-0.4, -0.2) is 34.8 Å². The Kier molecular flexibility index (Phi) is 6.14. The second kappa shape index (κ2) is 8.73. The average molecular weight is 370 g/mol. The van der Waals surface area contributed by atoms with E-state index in [9.17, 15) is 4.79 Å². The third-order valence-corrected chi connectivity index (χ3v) is 4.93. The van der Waals surface area contributed by atoms with Crippen molar-refractivity contribution in [3.8, 4) is 5.75 Å². The molecule has 3 rings (SSSR count). The van der Waals surface area contributed by atoms with Crippen molar-refractivity contribution in [3.63, 3.8) is 0 Å². The van der Waals surface area contributed by atoms with Gasteiger partial charge in [0.25, 0.3) is 0 Å². The maximum absolute atomic E-state index is 12.2. The van der Waals surface area contributed by atoms with Crippen LogP contribution < -0.4 is 15.8 Å². The number of anilines is 1. The monoisotopic (exact) mass is 370 g/mol. The first-order valence-electron chi connectivity index (χ1n) is 8.45. The van der Waals surface area contributed by atoms with Crippen molar-refractivity contribution in [2.75, 3.05) is 24.2 Å². The lowest BCUT2D eigenvalue weighted by atomic mass is 10.3. The van der Waals surface area contributed by atoms with Gasteiger partial charge in [-0.25, -0.2) is 4.98 Å². The van der Waals surface area contributed by atoms with E-state index in [2.05, 4.69) is 15.3 Å². The van der Waals surface area contributed by atoms with Gasteiger partial charge in [-0.1, -0.05) is 12.1 Å². The average Bonchev–Trinajstić information content (AvgIpc) is 3.10. The van der Waals surface area contributed by atoms with Crippen LogP contribution in [-0.2, 0) is 4.79 Å². The number of ether oxygens (including phenoxy) is 1. The third kappa shape index (κ3) is 4.77. The van der Waals surface area contributed by atoms with Gasteiger partial charge < -0.3 is 20.8 Å². The molecule has 4 N–H and O–H groups in total. The number of para-hydroxylation sites is 2. The number of aromatic nitrogens is 2. The molecule has 7 heteroatoms. The van der Waals surface area contributed by atoms with Gasteiger partial charge in [-0.2, -0.15) is 0 Å². The number of fused-ring (bicyclic) bond motifs is 1. The molecule has 2 aromatic carbocycles. The van der Waals surface area contributed by atoms with Crippen LogP contribution in [0.4, 0.5) is 5.69 Å².